The maximum Gasteiger partial charge on any atom is 0.254 e. The summed E-state index contributed by atoms with van der Waals surface area (Å²) >= 11 is 0. The van der Waals surface area contributed by atoms with Crippen LogP contribution in [0.4, 0.5) is 0 Å². The molecule has 3 rings (SSSR count). The molecule has 144 valence electrons. The van der Waals surface area contributed by atoms with E-state index in [4.69, 9.17) is 9.47 Å². The number of likely N-dealkylation sites (N-methyl/N-ethyl adjacent to an activating group) is 1. The number of piperazine rings is 1. The van der Waals surface area contributed by atoms with Gasteiger partial charge in [-0.2, -0.15) is 0 Å². The third kappa shape index (κ3) is 4.42. The molecule has 1 unspecified atom stereocenters. The van der Waals surface area contributed by atoms with E-state index >= 15 is 0 Å². The number of amides is 1. The van der Waals surface area contributed by atoms with Crippen LogP contribution in [0.25, 0.3) is 0 Å². The molecule has 0 radical (unpaired) electrons. The summed E-state index contributed by atoms with van der Waals surface area (Å²) in [6.45, 7) is 6.31. The van der Waals surface area contributed by atoms with Gasteiger partial charge in [-0.15, -0.1) is 0 Å². The highest BCUT2D eigenvalue weighted by Gasteiger charge is 2.31. The zero-order valence-corrected chi connectivity index (χ0v) is 16.5. The van der Waals surface area contributed by atoms with Crippen molar-refractivity contribution >= 4 is 5.91 Å². The lowest BCUT2D eigenvalue weighted by atomic mass is 10.0. The highest BCUT2D eigenvalue weighted by atomic mass is 16.5. The van der Waals surface area contributed by atoms with Crippen molar-refractivity contribution in [3.63, 3.8) is 0 Å². The third-order valence-electron chi connectivity index (χ3n) is 4.80. The first-order valence-corrected chi connectivity index (χ1v) is 9.38. The highest BCUT2D eigenvalue weighted by molar-refractivity contribution is 5.95. The lowest BCUT2D eigenvalue weighted by molar-refractivity contribution is 0.0497. The van der Waals surface area contributed by atoms with Gasteiger partial charge in [0.1, 0.15) is 0 Å². The Labute approximate surface area is 161 Å². The maximum atomic E-state index is 13.3. The summed E-state index contributed by atoms with van der Waals surface area (Å²) in [7, 11) is 3.69. The fraction of sp³-hybridized carbons (Fsp3) is 0.409. The summed E-state index contributed by atoms with van der Waals surface area (Å²) < 4.78 is 11.2. The molecule has 1 amide bonds. The number of nitrogens with zero attached hydrogens (tertiary/aromatic N) is 2. The minimum Gasteiger partial charge on any atom is -0.493 e. The predicted molar refractivity (Wildman–Crippen MR) is 106 cm³/mol. The number of carbonyl (C=O) groups is 1. The molecule has 0 spiro atoms. The molecule has 1 saturated heterocycles. The van der Waals surface area contributed by atoms with E-state index in [9.17, 15) is 4.79 Å². The minimum atomic E-state index is 0.0198. The topological polar surface area (TPSA) is 42.0 Å². The van der Waals surface area contributed by atoms with E-state index in [0.717, 1.165) is 18.7 Å². The largest absolute Gasteiger partial charge is 0.493 e. The molecule has 0 aliphatic carbocycles. The molecule has 0 bridgehead atoms. The molecule has 1 aliphatic rings. The summed E-state index contributed by atoms with van der Waals surface area (Å²) in [4.78, 5) is 17.5. The Balaban J connectivity index is 1.89. The Morgan fingerprint density at radius 2 is 1.81 bits per heavy atom. The standard InChI is InChI=1S/C22H28N2O3/c1-16(2)27-20-11-10-18(14-21(20)26-4)22(25)24-13-12-23(3)15-19(24)17-8-6-5-7-9-17/h5-11,14,16,19H,12-13,15H2,1-4H3. The van der Waals surface area contributed by atoms with E-state index < -0.39 is 0 Å². The molecule has 0 aromatic heterocycles. The van der Waals surface area contributed by atoms with Gasteiger partial charge in [-0.1, -0.05) is 30.3 Å². The van der Waals surface area contributed by atoms with E-state index in [2.05, 4.69) is 24.1 Å². The van der Waals surface area contributed by atoms with Gasteiger partial charge < -0.3 is 19.3 Å². The van der Waals surface area contributed by atoms with Gasteiger partial charge in [0, 0.05) is 25.2 Å². The molecule has 1 heterocycles. The quantitative estimate of drug-likeness (QED) is 0.809. The monoisotopic (exact) mass is 368 g/mol. The van der Waals surface area contributed by atoms with Crippen molar-refractivity contribution in [2.24, 2.45) is 0 Å². The van der Waals surface area contributed by atoms with Gasteiger partial charge >= 0.3 is 0 Å². The molecular weight excluding hydrogens is 340 g/mol. The van der Waals surface area contributed by atoms with Crippen LogP contribution in [-0.4, -0.2) is 55.6 Å². The van der Waals surface area contributed by atoms with Crippen LogP contribution >= 0.6 is 0 Å². The van der Waals surface area contributed by atoms with E-state index in [1.54, 1.807) is 13.2 Å². The van der Waals surface area contributed by atoms with Gasteiger partial charge in [-0.05, 0) is 44.7 Å². The van der Waals surface area contributed by atoms with Gasteiger partial charge in [0.15, 0.2) is 11.5 Å². The Morgan fingerprint density at radius 3 is 2.48 bits per heavy atom. The Hall–Kier alpha value is -2.53. The Bertz CT molecular complexity index is 776. The van der Waals surface area contributed by atoms with Crippen LogP contribution in [0.5, 0.6) is 11.5 Å². The maximum absolute atomic E-state index is 13.3. The average Bonchev–Trinajstić information content (AvgIpc) is 2.68. The van der Waals surface area contributed by atoms with E-state index in [1.165, 1.54) is 0 Å². The lowest BCUT2D eigenvalue weighted by Gasteiger charge is -2.40. The fourth-order valence-electron chi connectivity index (χ4n) is 3.44. The predicted octanol–water partition coefficient (Wildman–Crippen LogP) is 3.61. The molecule has 5 nitrogen and oxygen atoms in total. The third-order valence-corrected chi connectivity index (χ3v) is 4.80. The summed E-state index contributed by atoms with van der Waals surface area (Å²) in [5.41, 5.74) is 1.78. The molecule has 5 heteroatoms. The van der Waals surface area contributed by atoms with Crippen LogP contribution in [0.1, 0.15) is 35.8 Å². The second-order valence-electron chi connectivity index (χ2n) is 7.22. The number of methoxy groups -OCH3 is 1. The molecule has 2 aromatic rings. The second-order valence-corrected chi connectivity index (χ2v) is 7.22. The molecule has 0 saturated carbocycles. The smallest absolute Gasteiger partial charge is 0.254 e. The molecule has 2 aromatic carbocycles. The SMILES string of the molecule is COc1cc(C(=O)N2CCN(C)CC2c2ccccc2)ccc1OC(C)C. The summed E-state index contributed by atoms with van der Waals surface area (Å²) in [6, 6.07) is 15.7. The normalized spacial score (nSPS) is 17.8. The Morgan fingerprint density at radius 1 is 1.07 bits per heavy atom. The van der Waals surface area contributed by atoms with E-state index in [0.29, 0.717) is 23.6 Å². The molecule has 1 atom stereocenters. The zero-order chi connectivity index (χ0) is 19.4. The number of ether oxygens (including phenoxy) is 2. The number of benzene rings is 2. The molecular formula is C22H28N2O3. The number of hydrogen-bond donors (Lipinski definition) is 0. The number of hydrogen-bond acceptors (Lipinski definition) is 4. The van der Waals surface area contributed by atoms with Crippen molar-refractivity contribution in [2.45, 2.75) is 26.0 Å². The van der Waals surface area contributed by atoms with Crippen LogP contribution in [0.15, 0.2) is 48.5 Å². The Kier molecular flexibility index (Phi) is 6.01. The molecule has 27 heavy (non-hydrogen) atoms. The zero-order valence-electron chi connectivity index (χ0n) is 16.5. The molecule has 1 fully saturated rings. The van der Waals surface area contributed by atoms with Crippen LogP contribution in [0.2, 0.25) is 0 Å². The van der Waals surface area contributed by atoms with Gasteiger partial charge in [0.05, 0.1) is 19.3 Å². The summed E-state index contributed by atoms with van der Waals surface area (Å²) in [5.74, 6) is 1.26. The number of carbonyl (C=O) groups excluding carboxylic acids is 1. The van der Waals surface area contributed by atoms with Gasteiger partial charge in [0.25, 0.3) is 5.91 Å². The van der Waals surface area contributed by atoms with Crippen LogP contribution in [-0.2, 0) is 0 Å². The minimum absolute atomic E-state index is 0.0198. The van der Waals surface area contributed by atoms with Gasteiger partial charge in [-0.3, -0.25) is 4.79 Å². The van der Waals surface area contributed by atoms with Crippen molar-refractivity contribution in [1.29, 1.82) is 0 Å². The van der Waals surface area contributed by atoms with Crippen molar-refractivity contribution < 1.29 is 14.3 Å². The van der Waals surface area contributed by atoms with E-state index in [1.807, 2.05) is 49.1 Å². The van der Waals surface area contributed by atoms with Gasteiger partial charge in [-0.25, -0.2) is 0 Å². The number of rotatable bonds is 5. The van der Waals surface area contributed by atoms with Gasteiger partial charge in [0.2, 0.25) is 0 Å². The average molecular weight is 368 g/mol. The molecule has 0 N–H and O–H groups in total. The second kappa shape index (κ2) is 8.44. The fourth-order valence-corrected chi connectivity index (χ4v) is 3.44. The highest BCUT2D eigenvalue weighted by Crippen LogP contribution is 2.32. The van der Waals surface area contributed by atoms with Crippen molar-refractivity contribution in [3.05, 3.63) is 59.7 Å². The van der Waals surface area contributed by atoms with Crippen molar-refractivity contribution in [1.82, 2.24) is 9.80 Å². The summed E-state index contributed by atoms with van der Waals surface area (Å²) in [6.07, 6.45) is 0.0422. The van der Waals surface area contributed by atoms with Crippen LogP contribution < -0.4 is 9.47 Å². The first-order valence-electron chi connectivity index (χ1n) is 9.38. The van der Waals surface area contributed by atoms with Crippen LogP contribution in [0, 0.1) is 0 Å². The van der Waals surface area contributed by atoms with Crippen molar-refractivity contribution in [3.8, 4) is 11.5 Å². The van der Waals surface area contributed by atoms with Crippen molar-refractivity contribution in [2.75, 3.05) is 33.8 Å². The summed E-state index contributed by atoms with van der Waals surface area (Å²) in [5, 5.41) is 0. The lowest BCUT2D eigenvalue weighted by Crippen LogP contribution is -2.49. The molecule has 1 aliphatic heterocycles. The first-order chi connectivity index (χ1) is 13.0. The first kappa shape index (κ1) is 19.2. The van der Waals surface area contributed by atoms with Crippen LogP contribution in [0.3, 0.4) is 0 Å². The van der Waals surface area contributed by atoms with E-state index in [-0.39, 0.29) is 18.1 Å².